The van der Waals surface area contributed by atoms with Crippen LogP contribution in [0.3, 0.4) is 0 Å². The van der Waals surface area contributed by atoms with Crippen molar-refractivity contribution in [3.05, 3.63) is 78.4 Å². The lowest BCUT2D eigenvalue weighted by molar-refractivity contribution is 0.550. The molecule has 3 aromatic carbocycles. The lowest BCUT2D eigenvalue weighted by Crippen LogP contribution is -2.28. The average molecular weight is 325 g/mol. The van der Waals surface area contributed by atoms with Gasteiger partial charge in [-0.25, -0.2) is 13.1 Å². The standard InChI is InChI=1S/C19H19NO2S/c1-2-19(16-9-4-3-5-10-16)20-23(21,22)18-13-12-15-8-6-7-11-17(15)14-18/h3-14,19-20H,2H2,1H3/t19-/m0/s1. The molecule has 0 spiro atoms. The largest absolute Gasteiger partial charge is 0.241 e. The van der Waals surface area contributed by atoms with Gasteiger partial charge in [0.05, 0.1) is 4.90 Å². The zero-order chi connectivity index (χ0) is 16.3. The Morgan fingerprint density at radius 2 is 1.52 bits per heavy atom. The summed E-state index contributed by atoms with van der Waals surface area (Å²) in [6.07, 6.45) is 0.691. The molecule has 0 aliphatic rings. The molecule has 0 unspecified atom stereocenters. The molecule has 0 saturated carbocycles. The third kappa shape index (κ3) is 3.44. The number of rotatable bonds is 5. The summed E-state index contributed by atoms with van der Waals surface area (Å²) in [5, 5.41) is 1.95. The second-order valence-electron chi connectivity index (χ2n) is 5.50. The molecule has 118 valence electrons. The van der Waals surface area contributed by atoms with Crippen LogP contribution in [0.1, 0.15) is 24.9 Å². The van der Waals surface area contributed by atoms with Crippen molar-refractivity contribution in [3.8, 4) is 0 Å². The first kappa shape index (κ1) is 15.7. The molecule has 0 bridgehead atoms. The van der Waals surface area contributed by atoms with Crippen molar-refractivity contribution < 1.29 is 8.42 Å². The Hall–Kier alpha value is -2.17. The van der Waals surface area contributed by atoms with Crippen molar-refractivity contribution in [2.24, 2.45) is 0 Å². The van der Waals surface area contributed by atoms with Crippen molar-refractivity contribution in [1.29, 1.82) is 0 Å². The van der Waals surface area contributed by atoms with Crippen LogP contribution in [-0.4, -0.2) is 8.42 Å². The van der Waals surface area contributed by atoms with Gasteiger partial charge in [0.1, 0.15) is 0 Å². The predicted octanol–water partition coefficient (Wildman–Crippen LogP) is 4.27. The number of benzene rings is 3. The van der Waals surface area contributed by atoms with Gasteiger partial charge < -0.3 is 0 Å². The summed E-state index contributed by atoms with van der Waals surface area (Å²) < 4.78 is 28.2. The van der Waals surface area contributed by atoms with Crippen LogP contribution in [0.25, 0.3) is 10.8 Å². The molecule has 3 rings (SSSR count). The molecule has 23 heavy (non-hydrogen) atoms. The van der Waals surface area contributed by atoms with Gasteiger partial charge in [0, 0.05) is 6.04 Å². The van der Waals surface area contributed by atoms with Crippen LogP contribution in [0.2, 0.25) is 0 Å². The third-order valence-corrected chi connectivity index (χ3v) is 5.41. The zero-order valence-corrected chi connectivity index (χ0v) is 13.8. The van der Waals surface area contributed by atoms with Gasteiger partial charge in [0.25, 0.3) is 0 Å². The third-order valence-electron chi connectivity index (χ3n) is 3.94. The Kier molecular flexibility index (Phi) is 4.46. The summed E-state index contributed by atoms with van der Waals surface area (Å²) in [4.78, 5) is 0.297. The second-order valence-corrected chi connectivity index (χ2v) is 7.22. The number of nitrogens with one attached hydrogen (secondary N) is 1. The van der Waals surface area contributed by atoms with Gasteiger partial charge in [-0.1, -0.05) is 67.6 Å². The van der Waals surface area contributed by atoms with E-state index >= 15 is 0 Å². The van der Waals surface area contributed by atoms with E-state index in [-0.39, 0.29) is 6.04 Å². The SMILES string of the molecule is CC[C@H](NS(=O)(=O)c1ccc2ccccc2c1)c1ccccc1. The minimum Gasteiger partial charge on any atom is -0.207 e. The van der Waals surface area contributed by atoms with Crippen LogP contribution in [0.15, 0.2) is 77.7 Å². The first-order chi connectivity index (χ1) is 11.1. The number of hydrogen-bond donors (Lipinski definition) is 1. The molecular weight excluding hydrogens is 306 g/mol. The average Bonchev–Trinajstić information content (AvgIpc) is 2.60. The van der Waals surface area contributed by atoms with Crippen LogP contribution in [-0.2, 0) is 10.0 Å². The summed E-state index contributed by atoms with van der Waals surface area (Å²) in [6, 6.07) is 22.4. The number of fused-ring (bicyclic) bond motifs is 1. The van der Waals surface area contributed by atoms with Gasteiger partial charge in [-0.2, -0.15) is 0 Å². The lowest BCUT2D eigenvalue weighted by Gasteiger charge is -2.17. The summed E-state index contributed by atoms with van der Waals surface area (Å²) in [6.45, 7) is 1.97. The zero-order valence-electron chi connectivity index (χ0n) is 12.9. The van der Waals surface area contributed by atoms with Crippen molar-refractivity contribution in [1.82, 2.24) is 4.72 Å². The highest BCUT2D eigenvalue weighted by Gasteiger charge is 2.20. The van der Waals surface area contributed by atoms with E-state index in [1.54, 1.807) is 12.1 Å². The highest BCUT2D eigenvalue weighted by molar-refractivity contribution is 7.89. The Bertz CT molecular complexity index is 905. The first-order valence-electron chi connectivity index (χ1n) is 7.66. The van der Waals surface area contributed by atoms with E-state index < -0.39 is 10.0 Å². The van der Waals surface area contributed by atoms with Crippen LogP contribution < -0.4 is 4.72 Å². The molecule has 1 N–H and O–H groups in total. The maximum absolute atomic E-state index is 12.7. The monoisotopic (exact) mass is 325 g/mol. The molecule has 3 nitrogen and oxygen atoms in total. The summed E-state index contributed by atoms with van der Waals surface area (Å²) in [5.74, 6) is 0. The minimum atomic E-state index is -3.56. The van der Waals surface area contributed by atoms with Crippen LogP contribution in [0.4, 0.5) is 0 Å². The highest BCUT2D eigenvalue weighted by Crippen LogP contribution is 2.22. The smallest absolute Gasteiger partial charge is 0.207 e. The fourth-order valence-corrected chi connectivity index (χ4v) is 4.01. The quantitative estimate of drug-likeness (QED) is 0.761. The highest BCUT2D eigenvalue weighted by atomic mass is 32.2. The summed E-state index contributed by atoms with van der Waals surface area (Å²) in [5.41, 5.74) is 0.972. The molecule has 0 aromatic heterocycles. The maximum Gasteiger partial charge on any atom is 0.241 e. The Morgan fingerprint density at radius 3 is 2.22 bits per heavy atom. The van der Waals surface area contributed by atoms with Gasteiger partial charge in [0.2, 0.25) is 10.0 Å². The minimum absolute atomic E-state index is 0.229. The van der Waals surface area contributed by atoms with Gasteiger partial charge in [-0.05, 0) is 34.9 Å². The van der Waals surface area contributed by atoms with Crippen molar-refractivity contribution in [3.63, 3.8) is 0 Å². The molecule has 0 saturated heterocycles. The molecule has 0 radical (unpaired) electrons. The van der Waals surface area contributed by atoms with E-state index in [9.17, 15) is 8.42 Å². The van der Waals surface area contributed by atoms with Crippen molar-refractivity contribution in [2.75, 3.05) is 0 Å². The fourth-order valence-electron chi connectivity index (χ4n) is 2.66. The number of sulfonamides is 1. The maximum atomic E-state index is 12.7. The molecule has 0 fully saturated rings. The molecule has 0 heterocycles. The van der Waals surface area contributed by atoms with Crippen molar-refractivity contribution in [2.45, 2.75) is 24.3 Å². The van der Waals surface area contributed by atoms with E-state index in [2.05, 4.69) is 4.72 Å². The lowest BCUT2D eigenvalue weighted by atomic mass is 10.1. The fraction of sp³-hybridized carbons (Fsp3) is 0.158. The number of hydrogen-bond acceptors (Lipinski definition) is 2. The Balaban J connectivity index is 1.93. The van der Waals surface area contributed by atoms with E-state index in [0.717, 1.165) is 16.3 Å². The van der Waals surface area contributed by atoms with E-state index in [1.807, 2.05) is 67.6 Å². The topological polar surface area (TPSA) is 46.2 Å². The van der Waals surface area contributed by atoms with Gasteiger partial charge in [-0.15, -0.1) is 0 Å². The second kappa shape index (κ2) is 6.52. The van der Waals surface area contributed by atoms with Crippen LogP contribution >= 0.6 is 0 Å². The normalized spacial score (nSPS) is 13.1. The molecule has 0 aliphatic carbocycles. The molecule has 1 atom stereocenters. The molecule has 3 aromatic rings. The van der Waals surface area contributed by atoms with Gasteiger partial charge >= 0.3 is 0 Å². The molecule has 0 aliphatic heterocycles. The predicted molar refractivity (Wildman–Crippen MR) is 93.7 cm³/mol. The Labute approximate surface area is 137 Å². The van der Waals surface area contributed by atoms with E-state index in [0.29, 0.717) is 11.3 Å². The molecular formula is C19H19NO2S. The molecule has 4 heteroatoms. The van der Waals surface area contributed by atoms with E-state index in [4.69, 9.17) is 0 Å². The van der Waals surface area contributed by atoms with Gasteiger partial charge in [-0.3, -0.25) is 0 Å². The van der Waals surface area contributed by atoms with Gasteiger partial charge in [0.15, 0.2) is 0 Å². The summed E-state index contributed by atoms with van der Waals surface area (Å²) in [7, 11) is -3.56. The van der Waals surface area contributed by atoms with Crippen molar-refractivity contribution >= 4 is 20.8 Å². The molecule has 0 amide bonds. The Morgan fingerprint density at radius 1 is 0.870 bits per heavy atom. The van der Waals surface area contributed by atoms with Crippen LogP contribution in [0.5, 0.6) is 0 Å². The van der Waals surface area contributed by atoms with E-state index in [1.165, 1.54) is 0 Å². The summed E-state index contributed by atoms with van der Waals surface area (Å²) >= 11 is 0. The first-order valence-corrected chi connectivity index (χ1v) is 9.14. The van der Waals surface area contributed by atoms with Crippen LogP contribution in [0, 0.1) is 0 Å².